The molecule has 84 valence electrons. The van der Waals surface area contributed by atoms with Crippen LogP contribution in [-0.4, -0.2) is 10.9 Å². The van der Waals surface area contributed by atoms with Crippen LogP contribution < -0.4 is 5.73 Å². The van der Waals surface area contributed by atoms with E-state index >= 15 is 0 Å². The number of nitrogens with two attached hydrogens (primary N) is 1. The van der Waals surface area contributed by atoms with Gasteiger partial charge in [0.25, 0.3) is 0 Å². The number of halogens is 3. The maximum atomic E-state index is 12.2. The monoisotopic (exact) mass is 238 g/mol. The van der Waals surface area contributed by atoms with Gasteiger partial charge in [0.1, 0.15) is 9.88 Å². The number of thiazole rings is 1. The molecule has 0 saturated carbocycles. The first-order valence-electron chi connectivity index (χ1n) is 4.18. The summed E-state index contributed by atoms with van der Waals surface area (Å²) in [5.74, 6) is -1.38. The third kappa shape index (κ3) is 2.68. The lowest BCUT2D eigenvalue weighted by Crippen LogP contribution is -2.20. The lowest BCUT2D eigenvalue weighted by Gasteiger charge is -2.06. The molecular formula is C8H9F3N2OS. The molecule has 7 heteroatoms. The van der Waals surface area contributed by atoms with Crippen molar-refractivity contribution in [3.63, 3.8) is 0 Å². The van der Waals surface area contributed by atoms with Crippen molar-refractivity contribution in [2.75, 3.05) is 0 Å². The average Bonchev–Trinajstić information content (AvgIpc) is 2.52. The first kappa shape index (κ1) is 12.0. The molecule has 0 bridgehead atoms. The smallest absolute Gasteiger partial charge is 0.369 e. The molecule has 0 aliphatic carbocycles. The molecule has 3 nitrogen and oxygen atoms in total. The van der Waals surface area contributed by atoms with Crippen LogP contribution >= 0.6 is 11.3 Å². The van der Waals surface area contributed by atoms with Crippen LogP contribution in [0.3, 0.4) is 0 Å². The minimum Gasteiger partial charge on any atom is -0.369 e. The summed E-state index contributed by atoms with van der Waals surface area (Å²) in [6, 6.07) is 0. The Kier molecular flexibility index (Phi) is 3.33. The summed E-state index contributed by atoms with van der Waals surface area (Å²) in [6.07, 6.45) is -3.34. The van der Waals surface area contributed by atoms with Crippen molar-refractivity contribution < 1.29 is 18.0 Å². The largest absolute Gasteiger partial charge is 0.427 e. The first-order chi connectivity index (χ1) is 6.86. The maximum Gasteiger partial charge on any atom is 0.427 e. The molecule has 0 aliphatic rings. The number of hydrogen-bond acceptors (Lipinski definition) is 3. The Morgan fingerprint density at radius 3 is 2.60 bits per heavy atom. The molecule has 1 unspecified atom stereocenters. The fourth-order valence-electron chi connectivity index (χ4n) is 1.08. The zero-order chi connectivity index (χ0) is 11.6. The average molecular weight is 238 g/mol. The molecule has 1 atom stereocenters. The summed E-state index contributed by atoms with van der Waals surface area (Å²) < 4.78 is 36.7. The van der Waals surface area contributed by atoms with Crippen LogP contribution in [0.15, 0.2) is 6.20 Å². The summed E-state index contributed by atoms with van der Waals surface area (Å²) >= 11 is 0.464. The van der Waals surface area contributed by atoms with E-state index in [0.717, 1.165) is 6.20 Å². The second kappa shape index (κ2) is 4.18. The van der Waals surface area contributed by atoms with Crippen LogP contribution in [0, 0.1) is 0 Å². The molecule has 1 amide bonds. The van der Waals surface area contributed by atoms with E-state index in [1.165, 1.54) is 0 Å². The van der Waals surface area contributed by atoms with Crippen molar-refractivity contribution >= 4 is 17.2 Å². The van der Waals surface area contributed by atoms with Crippen LogP contribution in [0.5, 0.6) is 0 Å². The van der Waals surface area contributed by atoms with Crippen LogP contribution in [0.4, 0.5) is 13.2 Å². The lowest BCUT2D eigenvalue weighted by molar-refractivity contribution is -0.134. The number of nitrogens with zero attached hydrogens (tertiary/aromatic N) is 1. The fraction of sp³-hybridized carbons (Fsp3) is 0.500. The molecule has 0 aliphatic heterocycles. The number of carbonyl (C=O) groups excluding carboxylic acids is 1. The molecule has 0 spiro atoms. The Labute approximate surface area is 88.1 Å². The second-order valence-electron chi connectivity index (χ2n) is 2.92. The highest BCUT2D eigenvalue weighted by Crippen LogP contribution is 2.35. The van der Waals surface area contributed by atoms with Crippen LogP contribution in [0.1, 0.15) is 29.1 Å². The predicted molar refractivity (Wildman–Crippen MR) is 49.3 cm³/mol. The highest BCUT2D eigenvalue weighted by atomic mass is 32.1. The van der Waals surface area contributed by atoms with Gasteiger partial charge in [0, 0.05) is 0 Å². The number of aromatic nitrogens is 1. The van der Waals surface area contributed by atoms with E-state index in [1.54, 1.807) is 6.92 Å². The molecule has 1 heterocycles. The van der Waals surface area contributed by atoms with Crippen LogP contribution in [-0.2, 0) is 11.0 Å². The third-order valence-electron chi connectivity index (χ3n) is 1.85. The van der Waals surface area contributed by atoms with Crippen molar-refractivity contribution in [1.82, 2.24) is 4.98 Å². The van der Waals surface area contributed by atoms with Crippen molar-refractivity contribution in [2.24, 2.45) is 5.73 Å². The van der Waals surface area contributed by atoms with E-state index in [1.807, 2.05) is 0 Å². The van der Waals surface area contributed by atoms with Gasteiger partial charge in [0.15, 0.2) is 0 Å². The van der Waals surface area contributed by atoms with Gasteiger partial charge in [-0.2, -0.15) is 13.2 Å². The van der Waals surface area contributed by atoms with Gasteiger partial charge in [-0.05, 0) is 6.42 Å². The topological polar surface area (TPSA) is 56.0 Å². The van der Waals surface area contributed by atoms with Crippen molar-refractivity contribution in [3.8, 4) is 0 Å². The van der Waals surface area contributed by atoms with Gasteiger partial charge in [-0.15, -0.1) is 11.3 Å². The molecule has 1 aromatic heterocycles. The number of alkyl halides is 3. The van der Waals surface area contributed by atoms with Crippen LogP contribution in [0.2, 0.25) is 0 Å². The van der Waals surface area contributed by atoms with Gasteiger partial charge in [0.2, 0.25) is 5.91 Å². The summed E-state index contributed by atoms with van der Waals surface area (Å²) in [4.78, 5) is 13.7. The Balaban J connectivity index is 2.97. The third-order valence-corrected chi connectivity index (χ3v) is 3.01. The van der Waals surface area contributed by atoms with Crippen molar-refractivity contribution in [2.45, 2.75) is 25.4 Å². The van der Waals surface area contributed by atoms with Gasteiger partial charge in [-0.25, -0.2) is 4.98 Å². The maximum absolute atomic E-state index is 12.2. The number of primary amides is 1. The summed E-state index contributed by atoms with van der Waals surface area (Å²) in [5, 5.41) is 0.123. The minimum absolute atomic E-state index is 0.123. The molecule has 0 radical (unpaired) electrons. The first-order valence-corrected chi connectivity index (χ1v) is 5.00. The van der Waals surface area contributed by atoms with Gasteiger partial charge in [-0.1, -0.05) is 6.92 Å². The summed E-state index contributed by atoms with van der Waals surface area (Å²) in [6.45, 7) is 1.67. The predicted octanol–water partition coefficient (Wildman–Crippen LogP) is 2.14. The number of hydrogen-bond donors (Lipinski definition) is 1. The Bertz CT molecular complexity index is 361. The van der Waals surface area contributed by atoms with Crippen molar-refractivity contribution in [3.05, 3.63) is 16.1 Å². The molecule has 0 saturated heterocycles. The summed E-state index contributed by atoms with van der Waals surface area (Å²) in [7, 11) is 0. The molecule has 15 heavy (non-hydrogen) atoms. The summed E-state index contributed by atoms with van der Waals surface area (Å²) in [5.41, 5.74) is 5.04. The van der Waals surface area contributed by atoms with E-state index in [-0.39, 0.29) is 5.01 Å². The van der Waals surface area contributed by atoms with Gasteiger partial charge >= 0.3 is 6.18 Å². The standard InChI is InChI=1S/C8H9F3N2OS/c1-2-4(6(12)14)7-13-3-5(15-7)8(9,10)11/h3-4H,2H2,1H3,(H2,12,14). The minimum atomic E-state index is -4.41. The fourth-order valence-corrected chi connectivity index (χ4v) is 2.05. The normalized spacial score (nSPS) is 13.9. The molecular weight excluding hydrogens is 229 g/mol. The quantitative estimate of drug-likeness (QED) is 0.877. The number of carbonyl (C=O) groups is 1. The number of rotatable bonds is 3. The second-order valence-corrected chi connectivity index (χ2v) is 3.99. The van der Waals surface area contributed by atoms with E-state index in [2.05, 4.69) is 4.98 Å². The van der Waals surface area contributed by atoms with E-state index in [9.17, 15) is 18.0 Å². The molecule has 0 fully saturated rings. The molecule has 1 rings (SSSR count). The highest BCUT2D eigenvalue weighted by molar-refractivity contribution is 7.11. The molecule has 2 N–H and O–H groups in total. The Morgan fingerprint density at radius 2 is 2.27 bits per heavy atom. The van der Waals surface area contributed by atoms with Crippen LogP contribution in [0.25, 0.3) is 0 Å². The lowest BCUT2D eigenvalue weighted by atomic mass is 10.1. The molecule has 0 aromatic carbocycles. The Morgan fingerprint density at radius 1 is 1.67 bits per heavy atom. The zero-order valence-corrected chi connectivity index (χ0v) is 8.65. The van der Waals surface area contributed by atoms with E-state index < -0.39 is 22.9 Å². The van der Waals surface area contributed by atoms with Crippen molar-refractivity contribution in [1.29, 1.82) is 0 Å². The SMILES string of the molecule is CCC(C(N)=O)c1ncc(C(F)(F)F)s1. The van der Waals surface area contributed by atoms with Gasteiger partial charge < -0.3 is 5.73 Å². The van der Waals surface area contributed by atoms with Gasteiger partial charge in [-0.3, -0.25) is 4.79 Å². The highest BCUT2D eigenvalue weighted by Gasteiger charge is 2.34. The van der Waals surface area contributed by atoms with E-state index in [0.29, 0.717) is 17.8 Å². The van der Waals surface area contributed by atoms with E-state index in [4.69, 9.17) is 5.73 Å². The zero-order valence-electron chi connectivity index (χ0n) is 7.84. The number of amides is 1. The molecule has 1 aromatic rings. The Hall–Kier alpha value is -1.11. The van der Waals surface area contributed by atoms with Gasteiger partial charge in [0.05, 0.1) is 12.1 Å².